The zero-order valence-electron chi connectivity index (χ0n) is 8.01. The monoisotopic (exact) mass is 229 g/mol. The van der Waals surface area contributed by atoms with Crippen LogP contribution in [0, 0.1) is 0 Å². The largest absolute Gasteiger partial charge is 0.294 e. The third-order valence-corrected chi connectivity index (χ3v) is 4.28. The van der Waals surface area contributed by atoms with Gasteiger partial charge in [0, 0.05) is 5.92 Å². The number of aromatic amines is 1. The van der Waals surface area contributed by atoms with Crippen molar-refractivity contribution < 1.29 is 13.2 Å². The number of hydrogen-bond donors (Lipinski definition) is 1. The van der Waals surface area contributed by atoms with Gasteiger partial charge in [0.05, 0.1) is 11.5 Å². The molecule has 2 rings (SSSR count). The van der Waals surface area contributed by atoms with E-state index in [0.29, 0.717) is 25.0 Å². The van der Waals surface area contributed by atoms with E-state index in [1.807, 2.05) is 0 Å². The van der Waals surface area contributed by atoms with E-state index in [1.165, 1.54) is 0 Å². The Hall–Kier alpha value is -1.24. The zero-order chi connectivity index (χ0) is 10.9. The summed E-state index contributed by atoms with van der Waals surface area (Å²) in [6.07, 6.45) is 1.67. The van der Waals surface area contributed by atoms with Crippen LogP contribution < -0.4 is 0 Å². The third kappa shape index (κ3) is 2.23. The topological polar surface area (TPSA) is 92.8 Å². The number of sulfone groups is 1. The first-order valence-corrected chi connectivity index (χ1v) is 6.51. The lowest BCUT2D eigenvalue weighted by Crippen LogP contribution is -2.22. The number of carbonyl (C=O) groups excluding carboxylic acids is 1. The second kappa shape index (κ2) is 3.73. The Balaban J connectivity index is 2.10. The molecule has 1 aliphatic heterocycles. The summed E-state index contributed by atoms with van der Waals surface area (Å²) in [6, 6.07) is 0. The molecule has 1 aliphatic rings. The summed E-state index contributed by atoms with van der Waals surface area (Å²) in [5.41, 5.74) is 0. The van der Waals surface area contributed by atoms with Crippen molar-refractivity contribution in [3.05, 3.63) is 11.6 Å². The molecule has 1 aromatic heterocycles. The average Bonchev–Trinajstić information content (AvgIpc) is 2.66. The first-order chi connectivity index (χ1) is 7.11. The van der Waals surface area contributed by atoms with Crippen LogP contribution in [-0.4, -0.2) is 41.4 Å². The number of nitrogens with zero attached hydrogens (tertiary/aromatic N) is 2. The summed E-state index contributed by atoms with van der Waals surface area (Å²) >= 11 is 0. The maximum atomic E-state index is 11.2. The van der Waals surface area contributed by atoms with Gasteiger partial charge in [-0.2, -0.15) is 5.10 Å². The Labute approximate surface area is 87.0 Å². The molecule has 0 bridgehead atoms. The number of aldehydes is 1. The highest BCUT2D eigenvalue weighted by Crippen LogP contribution is 2.26. The van der Waals surface area contributed by atoms with Crippen LogP contribution >= 0.6 is 0 Å². The van der Waals surface area contributed by atoms with E-state index in [1.54, 1.807) is 0 Å². The minimum Gasteiger partial charge on any atom is -0.294 e. The quantitative estimate of drug-likeness (QED) is 0.715. The number of nitrogens with one attached hydrogen (secondary N) is 1. The highest BCUT2D eigenvalue weighted by molar-refractivity contribution is 7.91. The summed E-state index contributed by atoms with van der Waals surface area (Å²) in [7, 11) is -2.85. The van der Waals surface area contributed by atoms with E-state index < -0.39 is 9.84 Å². The number of H-pyrrole nitrogens is 1. The molecule has 1 N–H and O–H groups in total. The van der Waals surface area contributed by atoms with Gasteiger partial charge < -0.3 is 0 Å². The predicted octanol–water partition coefficient (Wildman–Crippen LogP) is -0.0906. The highest BCUT2D eigenvalue weighted by atomic mass is 32.2. The summed E-state index contributed by atoms with van der Waals surface area (Å²) < 4.78 is 22.4. The highest BCUT2D eigenvalue weighted by Gasteiger charge is 2.26. The van der Waals surface area contributed by atoms with Crippen molar-refractivity contribution in [3.8, 4) is 0 Å². The van der Waals surface area contributed by atoms with Crippen LogP contribution in [0.25, 0.3) is 0 Å². The third-order valence-electron chi connectivity index (χ3n) is 2.57. The molecule has 0 amide bonds. The van der Waals surface area contributed by atoms with Gasteiger partial charge in [0.1, 0.15) is 15.7 Å². The van der Waals surface area contributed by atoms with E-state index in [-0.39, 0.29) is 23.2 Å². The van der Waals surface area contributed by atoms with Crippen molar-refractivity contribution in [2.75, 3.05) is 11.5 Å². The summed E-state index contributed by atoms with van der Waals surface area (Å²) in [4.78, 5) is 14.3. The van der Waals surface area contributed by atoms with Crippen molar-refractivity contribution in [1.82, 2.24) is 15.2 Å². The molecule has 7 heteroatoms. The SMILES string of the molecule is O=Cc1n[nH]c(C2CCS(=O)(=O)CC2)n1. The van der Waals surface area contributed by atoms with Crippen LogP contribution in [0.3, 0.4) is 0 Å². The van der Waals surface area contributed by atoms with Gasteiger partial charge >= 0.3 is 0 Å². The van der Waals surface area contributed by atoms with Crippen molar-refractivity contribution in [2.45, 2.75) is 18.8 Å². The summed E-state index contributed by atoms with van der Waals surface area (Å²) in [6.45, 7) is 0. The number of hydrogen-bond acceptors (Lipinski definition) is 5. The maximum Gasteiger partial charge on any atom is 0.214 e. The predicted molar refractivity (Wildman–Crippen MR) is 52.4 cm³/mol. The molecular weight excluding hydrogens is 218 g/mol. The molecule has 15 heavy (non-hydrogen) atoms. The van der Waals surface area contributed by atoms with Gasteiger partial charge in [-0.25, -0.2) is 13.4 Å². The van der Waals surface area contributed by atoms with Crippen molar-refractivity contribution in [2.24, 2.45) is 0 Å². The second-order valence-corrected chi connectivity index (χ2v) is 5.93. The lowest BCUT2D eigenvalue weighted by atomic mass is 10.0. The molecule has 0 aromatic carbocycles. The number of rotatable bonds is 2. The molecule has 0 unspecified atom stereocenters. The van der Waals surface area contributed by atoms with Crippen LogP contribution in [-0.2, 0) is 9.84 Å². The first kappa shape index (κ1) is 10.3. The van der Waals surface area contributed by atoms with Gasteiger partial charge in [0.2, 0.25) is 5.82 Å². The smallest absolute Gasteiger partial charge is 0.214 e. The van der Waals surface area contributed by atoms with Crippen molar-refractivity contribution in [1.29, 1.82) is 0 Å². The van der Waals surface area contributed by atoms with E-state index in [9.17, 15) is 13.2 Å². The Morgan fingerprint density at radius 3 is 2.53 bits per heavy atom. The van der Waals surface area contributed by atoms with E-state index in [4.69, 9.17) is 0 Å². The molecule has 82 valence electrons. The molecular formula is C8H11N3O3S. The number of carbonyl (C=O) groups is 1. The van der Waals surface area contributed by atoms with E-state index in [2.05, 4.69) is 15.2 Å². The van der Waals surface area contributed by atoms with Crippen molar-refractivity contribution >= 4 is 16.1 Å². The lowest BCUT2D eigenvalue weighted by Gasteiger charge is -2.19. The molecule has 1 aromatic rings. The fourth-order valence-corrected chi connectivity index (χ4v) is 3.18. The van der Waals surface area contributed by atoms with Crippen LogP contribution in [0.5, 0.6) is 0 Å². The van der Waals surface area contributed by atoms with Crippen LogP contribution in [0.1, 0.15) is 35.2 Å². The molecule has 0 radical (unpaired) electrons. The van der Waals surface area contributed by atoms with Crippen LogP contribution in [0.2, 0.25) is 0 Å². The van der Waals surface area contributed by atoms with Gasteiger partial charge in [-0.1, -0.05) is 0 Å². The maximum absolute atomic E-state index is 11.2. The summed E-state index contributed by atoms with van der Waals surface area (Å²) in [5.74, 6) is 1.20. The standard InChI is InChI=1S/C8H11N3O3S/c12-5-7-9-8(11-10-7)6-1-3-15(13,14)4-2-6/h5-6H,1-4H2,(H,9,10,11). The molecule has 0 atom stereocenters. The fraction of sp³-hybridized carbons (Fsp3) is 0.625. The average molecular weight is 229 g/mol. The van der Waals surface area contributed by atoms with Crippen LogP contribution in [0.4, 0.5) is 0 Å². The van der Waals surface area contributed by atoms with Crippen molar-refractivity contribution in [3.63, 3.8) is 0 Å². The minimum atomic E-state index is -2.85. The Bertz CT molecular complexity index is 451. The number of aromatic nitrogens is 3. The first-order valence-electron chi connectivity index (χ1n) is 4.68. The van der Waals surface area contributed by atoms with Gasteiger partial charge in [-0.15, -0.1) is 0 Å². The summed E-state index contributed by atoms with van der Waals surface area (Å²) in [5, 5.41) is 6.36. The molecule has 0 spiro atoms. The fourth-order valence-electron chi connectivity index (χ4n) is 1.69. The molecule has 2 heterocycles. The molecule has 0 saturated carbocycles. The Morgan fingerprint density at radius 2 is 2.00 bits per heavy atom. The van der Waals surface area contributed by atoms with Crippen LogP contribution in [0.15, 0.2) is 0 Å². The lowest BCUT2D eigenvalue weighted by molar-refractivity contribution is 0.111. The molecule has 0 aliphatic carbocycles. The van der Waals surface area contributed by atoms with Gasteiger partial charge in [0.25, 0.3) is 0 Å². The van der Waals surface area contributed by atoms with E-state index in [0.717, 1.165) is 0 Å². The van der Waals surface area contributed by atoms with Gasteiger partial charge in [-0.3, -0.25) is 9.89 Å². The second-order valence-electron chi connectivity index (χ2n) is 3.62. The van der Waals surface area contributed by atoms with E-state index >= 15 is 0 Å². The van der Waals surface area contributed by atoms with Gasteiger partial charge in [0.15, 0.2) is 6.29 Å². The molecule has 1 saturated heterocycles. The Morgan fingerprint density at radius 1 is 1.33 bits per heavy atom. The zero-order valence-corrected chi connectivity index (χ0v) is 8.83. The Kier molecular flexibility index (Phi) is 2.56. The minimum absolute atomic E-state index is 0.0784. The normalized spacial score (nSPS) is 21.3. The molecule has 1 fully saturated rings. The van der Waals surface area contributed by atoms with Gasteiger partial charge in [-0.05, 0) is 12.8 Å². The molecule has 6 nitrogen and oxygen atoms in total.